The summed E-state index contributed by atoms with van der Waals surface area (Å²) in [4.78, 5) is 0.164. The molecule has 0 aliphatic rings. The molecule has 0 radical (unpaired) electrons. The SMILES string of the molecule is O=S(=O)(c1cccc(Cl)c1)n1cccc1Br. The molecule has 1 aromatic heterocycles. The summed E-state index contributed by atoms with van der Waals surface area (Å²) in [6.45, 7) is 0. The number of halogens is 2. The summed E-state index contributed by atoms with van der Waals surface area (Å²) < 4.78 is 25.9. The van der Waals surface area contributed by atoms with E-state index in [0.29, 0.717) is 9.63 Å². The number of aromatic nitrogens is 1. The van der Waals surface area contributed by atoms with E-state index < -0.39 is 10.0 Å². The van der Waals surface area contributed by atoms with Gasteiger partial charge in [0.1, 0.15) is 0 Å². The summed E-state index contributed by atoms with van der Waals surface area (Å²) in [6.07, 6.45) is 1.47. The molecule has 0 spiro atoms. The summed E-state index contributed by atoms with van der Waals surface area (Å²) in [5.74, 6) is 0. The van der Waals surface area contributed by atoms with Gasteiger partial charge in [0, 0.05) is 11.2 Å². The van der Waals surface area contributed by atoms with Crippen molar-refractivity contribution in [2.24, 2.45) is 0 Å². The molecule has 0 N–H and O–H groups in total. The molecular formula is C10H7BrClNO2S. The smallest absolute Gasteiger partial charge is 0.235 e. The highest BCUT2D eigenvalue weighted by molar-refractivity contribution is 9.10. The Kier molecular flexibility index (Phi) is 3.10. The molecule has 0 fully saturated rings. The Bertz CT molecular complexity index is 621. The number of rotatable bonds is 2. The molecule has 2 aromatic rings. The topological polar surface area (TPSA) is 39.1 Å². The quantitative estimate of drug-likeness (QED) is 0.852. The van der Waals surface area contributed by atoms with E-state index in [4.69, 9.17) is 11.6 Å². The molecule has 1 heterocycles. The van der Waals surface area contributed by atoms with E-state index in [2.05, 4.69) is 15.9 Å². The Morgan fingerprint density at radius 1 is 1.19 bits per heavy atom. The molecule has 0 aliphatic heterocycles. The van der Waals surface area contributed by atoms with Crippen molar-refractivity contribution in [3.05, 3.63) is 52.2 Å². The molecule has 2 rings (SSSR count). The second-order valence-electron chi connectivity index (χ2n) is 3.09. The maximum absolute atomic E-state index is 12.1. The first kappa shape index (κ1) is 11.7. The standard InChI is InChI=1S/C10H7BrClNO2S/c11-10-5-2-6-13(10)16(14,15)9-4-1-3-8(12)7-9/h1-7H. The Morgan fingerprint density at radius 3 is 2.50 bits per heavy atom. The predicted octanol–water partition coefficient (Wildman–Crippen LogP) is 3.14. The van der Waals surface area contributed by atoms with Gasteiger partial charge >= 0.3 is 0 Å². The summed E-state index contributed by atoms with van der Waals surface area (Å²) >= 11 is 8.94. The van der Waals surface area contributed by atoms with Crippen molar-refractivity contribution in [1.29, 1.82) is 0 Å². The molecule has 6 heteroatoms. The fourth-order valence-corrected chi connectivity index (χ4v) is 3.65. The van der Waals surface area contributed by atoms with Crippen molar-refractivity contribution >= 4 is 37.6 Å². The van der Waals surface area contributed by atoms with Crippen LogP contribution in [-0.4, -0.2) is 12.4 Å². The fraction of sp³-hybridized carbons (Fsp3) is 0. The molecule has 0 saturated heterocycles. The van der Waals surface area contributed by atoms with Crippen LogP contribution in [0.15, 0.2) is 52.1 Å². The van der Waals surface area contributed by atoms with Gasteiger partial charge in [-0.15, -0.1) is 0 Å². The minimum absolute atomic E-state index is 0.164. The van der Waals surface area contributed by atoms with Gasteiger partial charge < -0.3 is 0 Å². The molecule has 1 aromatic carbocycles. The van der Waals surface area contributed by atoms with Crippen molar-refractivity contribution in [3.63, 3.8) is 0 Å². The lowest BCUT2D eigenvalue weighted by Gasteiger charge is -2.07. The van der Waals surface area contributed by atoms with Crippen LogP contribution in [0.3, 0.4) is 0 Å². The van der Waals surface area contributed by atoms with Crippen LogP contribution in [0, 0.1) is 0 Å². The van der Waals surface area contributed by atoms with Gasteiger partial charge in [0.05, 0.1) is 9.50 Å². The zero-order chi connectivity index (χ0) is 11.8. The van der Waals surface area contributed by atoms with Crippen molar-refractivity contribution in [2.75, 3.05) is 0 Å². The lowest BCUT2D eigenvalue weighted by Crippen LogP contribution is -2.11. The zero-order valence-corrected chi connectivity index (χ0v) is 11.1. The normalized spacial score (nSPS) is 11.6. The van der Waals surface area contributed by atoms with Gasteiger partial charge in [0.2, 0.25) is 0 Å². The molecule has 84 valence electrons. The largest absolute Gasteiger partial charge is 0.268 e. The molecular weight excluding hydrogens is 314 g/mol. The number of hydrogen-bond acceptors (Lipinski definition) is 2. The zero-order valence-electron chi connectivity index (χ0n) is 7.97. The summed E-state index contributed by atoms with van der Waals surface area (Å²) in [6, 6.07) is 9.46. The Morgan fingerprint density at radius 2 is 1.94 bits per heavy atom. The molecule has 0 amide bonds. The van der Waals surface area contributed by atoms with Gasteiger partial charge in [-0.25, -0.2) is 12.4 Å². The monoisotopic (exact) mass is 319 g/mol. The molecule has 0 atom stereocenters. The number of benzene rings is 1. The first-order valence-corrected chi connectivity index (χ1v) is 6.97. The van der Waals surface area contributed by atoms with Crippen LogP contribution >= 0.6 is 27.5 Å². The van der Waals surface area contributed by atoms with Crippen LogP contribution < -0.4 is 0 Å². The third-order valence-corrected chi connectivity index (χ3v) is 4.82. The van der Waals surface area contributed by atoms with Crippen molar-refractivity contribution in [1.82, 2.24) is 3.97 Å². The Hall–Kier alpha value is -0.780. The average Bonchev–Trinajstić information content (AvgIpc) is 2.65. The Balaban J connectivity index is 2.61. The Labute approximate surface area is 107 Å². The van der Waals surface area contributed by atoms with Crippen molar-refractivity contribution in [2.45, 2.75) is 4.90 Å². The van der Waals surface area contributed by atoms with Crippen molar-refractivity contribution < 1.29 is 8.42 Å². The molecule has 0 aliphatic carbocycles. The van der Waals surface area contributed by atoms with Crippen LogP contribution in [0.25, 0.3) is 0 Å². The van der Waals surface area contributed by atoms with Crippen LogP contribution in [0.5, 0.6) is 0 Å². The lowest BCUT2D eigenvalue weighted by atomic mass is 10.4. The second kappa shape index (κ2) is 4.24. The fourth-order valence-electron chi connectivity index (χ4n) is 1.28. The molecule has 3 nitrogen and oxygen atoms in total. The maximum Gasteiger partial charge on any atom is 0.268 e. The van der Waals surface area contributed by atoms with Gasteiger partial charge in [-0.05, 0) is 46.3 Å². The highest BCUT2D eigenvalue weighted by Crippen LogP contribution is 2.22. The van der Waals surface area contributed by atoms with Gasteiger partial charge in [-0.3, -0.25) is 0 Å². The van der Waals surface area contributed by atoms with E-state index in [0.717, 1.165) is 3.97 Å². The van der Waals surface area contributed by atoms with E-state index in [1.165, 1.54) is 18.3 Å². The third-order valence-electron chi connectivity index (χ3n) is 2.02. The number of hydrogen-bond donors (Lipinski definition) is 0. The van der Waals surface area contributed by atoms with Crippen LogP contribution in [0.1, 0.15) is 0 Å². The van der Waals surface area contributed by atoms with E-state index in [9.17, 15) is 8.42 Å². The van der Waals surface area contributed by atoms with Crippen LogP contribution in [-0.2, 0) is 10.0 Å². The lowest BCUT2D eigenvalue weighted by molar-refractivity contribution is 0.586. The third kappa shape index (κ3) is 2.03. The van der Waals surface area contributed by atoms with Crippen LogP contribution in [0.4, 0.5) is 0 Å². The molecule has 16 heavy (non-hydrogen) atoms. The first-order chi connectivity index (χ1) is 7.51. The minimum atomic E-state index is -3.56. The first-order valence-electron chi connectivity index (χ1n) is 4.36. The predicted molar refractivity (Wildman–Crippen MR) is 66.2 cm³/mol. The van der Waals surface area contributed by atoms with Crippen LogP contribution in [0.2, 0.25) is 5.02 Å². The second-order valence-corrected chi connectivity index (χ2v) is 6.15. The summed E-state index contributed by atoms with van der Waals surface area (Å²) in [5.41, 5.74) is 0. The van der Waals surface area contributed by atoms with Crippen molar-refractivity contribution in [3.8, 4) is 0 Å². The molecule has 0 bridgehead atoms. The molecule has 0 unspecified atom stereocenters. The summed E-state index contributed by atoms with van der Waals surface area (Å²) in [7, 11) is -3.56. The number of nitrogens with zero attached hydrogens (tertiary/aromatic N) is 1. The maximum atomic E-state index is 12.1. The molecule has 0 saturated carbocycles. The average molecular weight is 321 g/mol. The van der Waals surface area contributed by atoms with Gasteiger partial charge in [-0.1, -0.05) is 17.7 Å². The highest BCUT2D eigenvalue weighted by atomic mass is 79.9. The van der Waals surface area contributed by atoms with E-state index >= 15 is 0 Å². The van der Waals surface area contributed by atoms with E-state index in [1.807, 2.05) is 0 Å². The highest BCUT2D eigenvalue weighted by Gasteiger charge is 2.18. The minimum Gasteiger partial charge on any atom is -0.235 e. The van der Waals surface area contributed by atoms with Gasteiger partial charge in [-0.2, -0.15) is 0 Å². The van der Waals surface area contributed by atoms with E-state index in [1.54, 1.807) is 24.3 Å². The summed E-state index contributed by atoms with van der Waals surface area (Å²) in [5, 5.41) is 0.393. The van der Waals surface area contributed by atoms with Gasteiger partial charge in [0.15, 0.2) is 0 Å². The van der Waals surface area contributed by atoms with Gasteiger partial charge in [0.25, 0.3) is 10.0 Å². The van der Waals surface area contributed by atoms with E-state index in [-0.39, 0.29) is 4.90 Å².